The van der Waals surface area contributed by atoms with Crippen LogP contribution in [0.15, 0.2) is 22.7 Å². The predicted octanol–water partition coefficient (Wildman–Crippen LogP) is 3.55. The summed E-state index contributed by atoms with van der Waals surface area (Å²) in [5.74, 6) is -1.16. The Kier molecular flexibility index (Phi) is 4.75. The van der Waals surface area contributed by atoms with Crippen molar-refractivity contribution in [3.8, 4) is 0 Å². The van der Waals surface area contributed by atoms with Crippen LogP contribution in [0.2, 0.25) is 0 Å². The van der Waals surface area contributed by atoms with E-state index < -0.39 is 11.8 Å². The highest BCUT2D eigenvalue weighted by Gasteiger charge is 2.12. The van der Waals surface area contributed by atoms with Crippen LogP contribution >= 0.6 is 15.9 Å². The Hall–Kier alpha value is -0.900. The van der Waals surface area contributed by atoms with Crippen LogP contribution in [0, 0.1) is 5.82 Å². The highest BCUT2D eigenvalue weighted by atomic mass is 79.9. The van der Waals surface area contributed by atoms with Gasteiger partial charge in [-0.3, -0.25) is 0 Å². The van der Waals surface area contributed by atoms with Gasteiger partial charge in [-0.15, -0.1) is 0 Å². The van der Waals surface area contributed by atoms with Crippen molar-refractivity contribution in [2.45, 2.75) is 19.8 Å². The molecule has 82 valence electrons. The van der Waals surface area contributed by atoms with Crippen molar-refractivity contribution in [2.75, 3.05) is 6.61 Å². The van der Waals surface area contributed by atoms with Crippen molar-refractivity contribution < 1.29 is 13.9 Å². The number of halogens is 2. The third-order valence-electron chi connectivity index (χ3n) is 1.88. The zero-order valence-corrected chi connectivity index (χ0v) is 10.0. The van der Waals surface area contributed by atoms with E-state index in [4.69, 9.17) is 4.74 Å². The minimum absolute atomic E-state index is 0.0273. The van der Waals surface area contributed by atoms with Crippen LogP contribution in [-0.2, 0) is 4.74 Å². The number of hydrogen-bond donors (Lipinski definition) is 0. The molecule has 4 heteroatoms. The van der Waals surface area contributed by atoms with E-state index in [-0.39, 0.29) is 5.56 Å². The van der Waals surface area contributed by atoms with Crippen LogP contribution in [0.4, 0.5) is 4.39 Å². The van der Waals surface area contributed by atoms with Crippen molar-refractivity contribution >= 4 is 21.9 Å². The van der Waals surface area contributed by atoms with Gasteiger partial charge in [0.05, 0.1) is 12.2 Å². The molecule has 0 heterocycles. The van der Waals surface area contributed by atoms with E-state index in [1.165, 1.54) is 18.2 Å². The molecule has 0 aliphatic carbocycles. The molecular weight excluding hydrogens is 263 g/mol. The molecule has 0 N–H and O–H groups in total. The molecule has 0 saturated carbocycles. The maximum absolute atomic E-state index is 13.2. The monoisotopic (exact) mass is 274 g/mol. The number of ether oxygens (including phenoxy) is 1. The van der Waals surface area contributed by atoms with Gasteiger partial charge < -0.3 is 4.74 Å². The van der Waals surface area contributed by atoms with Gasteiger partial charge in [0.2, 0.25) is 0 Å². The quantitative estimate of drug-likeness (QED) is 0.620. The summed E-state index contributed by atoms with van der Waals surface area (Å²) in [6.45, 7) is 2.33. The zero-order valence-electron chi connectivity index (χ0n) is 8.43. The second kappa shape index (κ2) is 5.85. The van der Waals surface area contributed by atoms with Crippen LogP contribution in [-0.4, -0.2) is 12.6 Å². The number of benzene rings is 1. The van der Waals surface area contributed by atoms with Gasteiger partial charge in [0.25, 0.3) is 0 Å². The number of hydrogen-bond acceptors (Lipinski definition) is 2. The molecule has 0 atom stereocenters. The maximum Gasteiger partial charge on any atom is 0.341 e. The molecule has 1 aromatic rings. The first-order chi connectivity index (χ1) is 7.15. The molecule has 0 aromatic heterocycles. The van der Waals surface area contributed by atoms with Crippen molar-refractivity contribution in [3.05, 3.63) is 34.1 Å². The topological polar surface area (TPSA) is 26.3 Å². The van der Waals surface area contributed by atoms with Gasteiger partial charge in [-0.2, -0.15) is 0 Å². The van der Waals surface area contributed by atoms with Crippen LogP contribution < -0.4 is 0 Å². The van der Waals surface area contributed by atoms with Gasteiger partial charge in [0, 0.05) is 4.47 Å². The average Bonchev–Trinajstić information content (AvgIpc) is 2.22. The summed E-state index contributed by atoms with van der Waals surface area (Å²) in [5.41, 5.74) is -0.0273. The normalized spacial score (nSPS) is 10.1. The first-order valence-corrected chi connectivity index (χ1v) is 5.56. The Morgan fingerprint density at radius 3 is 2.93 bits per heavy atom. The highest BCUT2D eigenvalue weighted by Crippen LogP contribution is 2.16. The number of rotatable bonds is 4. The molecule has 0 spiro atoms. The maximum atomic E-state index is 13.2. The predicted molar refractivity (Wildman–Crippen MR) is 59.3 cm³/mol. The summed E-state index contributed by atoms with van der Waals surface area (Å²) >= 11 is 3.17. The van der Waals surface area contributed by atoms with Crippen molar-refractivity contribution in [1.29, 1.82) is 0 Å². The fourth-order valence-electron chi connectivity index (χ4n) is 1.04. The largest absolute Gasteiger partial charge is 0.462 e. The van der Waals surface area contributed by atoms with E-state index in [0.717, 1.165) is 12.8 Å². The fourth-order valence-corrected chi connectivity index (χ4v) is 1.40. The Bertz CT molecular complexity index is 352. The van der Waals surface area contributed by atoms with E-state index in [1.807, 2.05) is 6.92 Å². The third-order valence-corrected chi connectivity index (χ3v) is 2.37. The van der Waals surface area contributed by atoms with Gasteiger partial charge in [0.1, 0.15) is 5.82 Å². The molecule has 0 aliphatic rings. The lowest BCUT2D eigenvalue weighted by atomic mass is 10.2. The molecule has 0 amide bonds. The summed E-state index contributed by atoms with van der Waals surface area (Å²) in [6, 6.07) is 4.20. The van der Waals surface area contributed by atoms with Crippen LogP contribution in [0.3, 0.4) is 0 Å². The number of carbonyl (C=O) groups is 1. The second-order valence-corrected chi connectivity index (χ2v) is 4.03. The average molecular weight is 275 g/mol. The lowest BCUT2D eigenvalue weighted by molar-refractivity contribution is 0.0494. The van der Waals surface area contributed by atoms with E-state index in [9.17, 15) is 9.18 Å². The van der Waals surface area contributed by atoms with Gasteiger partial charge in [-0.25, -0.2) is 9.18 Å². The summed E-state index contributed by atoms with van der Waals surface area (Å²) in [7, 11) is 0. The third kappa shape index (κ3) is 3.63. The van der Waals surface area contributed by atoms with E-state index in [2.05, 4.69) is 15.9 Å². The molecule has 15 heavy (non-hydrogen) atoms. The molecule has 2 nitrogen and oxygen atoms in total. The Labute approximate surface area is 96.6 Å². The van der Waals surface area contributed by atoms with Crippen molar-refractivity contribution in [1.82, 2.24) is 0 Å². The van der Waals surface area contributed by atoms with Gasteiger partial charge >= 0.3 is 5.97 Å². The standard InChI is InChI=1S/C11H12BrFO2/c1-2-3-6-15-11(14)9-7-8(12)4-5-10(9)13/h4-5,7H,2-3,6H2,1H3. The van der Waals surface area contributed by atoms with Gasteiger partial charge in [0.15, 0.2) is 0 Å². The van der Waals surface area contributed by atoms with Crippen LogP contribution in [0.1, 0.15) is 30.1 Å². The molecule has 0 fully saturated rings. The summed E-state index contributed by atoms with van der Waals surface area (Å²) in [4.78, 5) is 11.4. The van der Waals surface area contributed by atoms with E-state index in [1.54, 1.807) is 0 Å². The SMILES string of the molecule is CCCCOC(=O)c1cc(Br)ccc1F. The number of esters is 1. The number of unbranched alkanes of at least 4 members (excludes halogenated alkanes) is 1. The van der Waals surface area contributed by atoms with Gasteiger partial charge in [-0.05, 0) is 24.6 Å². The minimum atomic E-state index is -0.609. The Morgan fingerprint density at radius 2 is 2.27 bits per heavy atom. The Balaban J connectivity index is 2.68. The fraction of sp³-hybridized carbons (Fsp3) is 0.364. The molecule has 0 aliphatic heterocycles. The smallest absolute Gasteiger partial charge is 0.341 e. The molecule has 1 aromatic carbocycles. The first kappa shape index (κ1) is 12.2. The summed E-state index contributed by atoms with van der Waals surface area (Å²) in [6.07, 6.45) is 1.73. The lowest BCUT2D eigenvalue weighted by Crippen LogP contribution is -2.08. The van der Waals surface area contributed by atoms with Gasteiger partial charge in [-0.1, -0.05) is 29.3 Å². The highest BCUT2D eigenvalue weighted by molar-refractivity contribution is 9.10. The van der Waals surface area contributed by atoms with E-state index in [0.29, 0.717) is 11.1 Å². The van der Waals surface area contributed by atoms with Crippen molar-refractivity contribution in [3.63, 3.8) is 0 Å². The number of carbonyl (C=O) groups excluding carboxylic acids is 1. The first-order valence-electron chi connectivity index (χ1n) is 4.77. The zero-order chi connectivity index (χ0) is 11.3. The minimum Gasteiger partial charge on any atom is -0.462 e. The molecule has 0 unspecified atom stereocenters. The summed E-state index contributed by atoms with van der Waals surface area (Å²) < 4.78 is 18.8. The van der Waals surface area contributed by atoms with Crippen LogP contribution in [0.5, 0.6) is 0 Å². The lowest BCUT2D eigenvalue weighted by Gasteiger charge is -2.04. The van der Waals surface area contributed by atoms with Crippen LogP contribution in [0.25, 0.3) is 0 Å². The summed E-state index contributed by atoms with van der Waals surface area (Å²) in [5, 5.41) is 0. The molecule has 0 bridgehead atoms. The molecule has 0 radical (unpaired) electrons. The molecule has 0 saturated heterocycles. The van der Waals surface area contributed by atoms with Crippen molar-refractivity contribution in [2.24, 2.45) is 0 Å². The van der Waals surface area contributed by atoms with E-state index >= 15 is 0 Å². The second-order valence-electron chi connectivity index (χ2n) is 3.11. The molecule has 1 rings (SSSR count). The molecular formula is C11H12BrFO2. The Morgan fingerprint density at radius 1 is 1.53 bits per heavy atom.